The van der Waals surface area contributed by atoms with Gasteiger partial charge < -0.3 is 14.8 Å². The number of H-pyrrole nitrogens is 1. The number of esters is 1. The highest BCUT2D eigenvalue weighted by Crippen LogP contribution is 2.42. The second kappa shape index (κ2) is 10.0. The van der Waals surface area contributed by atoms with Crippen molar-refractivity contribution in [2.45, 2.75) is 88.6 Å². The molecule has 2 aromatic carbocycles. The van der Waals surface area contributed by atoms with Crippen LogP contribution in [0, 0.1) is 12.8 Å². The van der Waals surface area contributed by atoms with Crippen LogP contribution in [0.4, 0.5) is 0 Å². The lowest BCUT2D eigenvalue weighted by molar-refractivity contribution is -0.176. The molecule has 0 bridgehead atoms. The summed E-state index contributed by atoms with van der Waals surface area (Å²) in [7, 11) is 0. The Morgan fingerprint density at radius 3 is 2.61 bits per heavy atom. The fourth-order valence-electron chi connectivity index (χ4n) is 4.87. The largest absolute Gasteiger partial charge is 0.457 e. The van der Waals surface area contributed by atoms with E-state index in [4.69, 9.17) is 4.74 Å². The van der Waals surface area contributed by atoms with Gasteiger partial charge in [0.2, 0.25) is 0 Å². The summed E-state index contributed by atoms with van der Waals surface area (Å²) in [4.78, 5) is 35.1. The number of aromatic amines is 1. The molecule has 0 radical (unpaired) electrons. The number of nitrogens with one attached hydrogen (secondary N) is 1. The highest BCUT2D eigenvalue weighted by atomic mass is 32.2. The first-order valence-electron chi connectivity index (χ1n) is 12.5. The average Bonchev–Trinajstić information content (AvgIpc) is 3.27. The molecular weight excluding hydrogens is 472 g/mol. The lowest BCUT2D eigenvalue weighted by Gasteiger charge is -2.41. The number of nitrogens with zero attached hydrogens (tertiary/aromatic N) is 1. The highest BCUT2D eigenvalue weighted by molar-refractivity contribution is 8.01. The Morgan fingerprint density at radius 2 is 1.97 bits per heavy atom. The summed E-state index contributed by atoms with van der Waals surface area (Å²) >= 11 is 1.28. The number of imidazole rings is 1. The van der Waals surface area contributed by atoms with E-state index >= 15 is 0 Å². The zero-order valence-corrected chi connectivity index (χ0v) is 22.8. The van der Waals surface area contributed by atoms with Crippen LogP contribution in [-0.4, -0.2) is 37.7 Å². The van der Waals surface area contributed by atoms with Crippen LogP contribution in [0.25, 0.3) is 11.0 Å². The first-order chi connectivity index (χ1) is 16.9. The maximum atomic E-state index is 13.5. The topological polar surface area (TPSA) is 92.3 Å². The van der Waals surface area contributed by atoms with Crippen molar-refractivity contribution >= 4 is 34.5 Å². The smallest absolute Gasteiger partial charge is 0.327 e. The summed E-state index contributed by atoms with van der Waals surface area (Å²) in [6.45, 7) is 12.2. The van der Waals surface area contributed by atoms with E-state index in [0.29, 0.717) is 12.8 Å². The minimum absolute atomic E-state index is 0.00320. The van der Waals surface area contributed by atoms with E-state index in [1.54, 1.807) is 6.33 Å². The van der Waals surface area contributed by atoms with Crippen molar-refractivity contribution in [3.05, 3.63) is 58.9 Å². The second-order valence-corrected chi connectivity index (χ2v) is 12.4. The first-order valence-corrected chi connectivity index (χ1v) is 13.4. The SMILES string of the molecule is Cc1cc(SC2C(=O)CC(CCc3ccc4nc[nH]c4c3)(C(C)C)OC2=O)c(C(C)(C)C)cc1CO. The zero-order valence-electron chi connectivity index (χ0n) is 22.0. The van der Waals surface area contributed by atoms with Crippen LogP contribution in [0.3, 0.4) is 0 Å². The number of aliphatic hydroxyl groups excluding tert-OH is 1. The van der Waals surface area contributed by atoms with Gasteiger partial charge in [0.25, 0.3) is 0 Å². The Kier molecular flexibility index (Phi) is 7.35. The maximum absolute atomic E-state index is 13.5. The van der Waals surface area contributed by atoms with Crippen LogP contribution < -0.4 is 0 Å². The van der Waals surface area contributed by atoms with Crippen molar-refractivity contribution in [2.24, 2.45) is 5.92 Å². The van der Waals surface area contributed by atoms with Gasteiger partial charge in [0, 0.05) is 11.3 Å². The van der Waals surface area contributed by atoms with Crippen molar-refractivity contribution < 1.29 is 19.4 Å². The molecule has 1 aromatic heterocycles. The molecule has 3 aromatic rings. The number of aromatic nitrogens is 2. The van der Waals surface area contributed by atoms with Gasteiger partial charge in [-0.15, -0.1) is 11.8 Å². The summed E-state index contributed by atoms with van der Waals surface area (Å²) in [5, 5.41) is 8.86. The number of aliphatic hydroxyl groups is 1. The third kappa shape index (κ3) is 5.23. The Morgan fingerprint density at radius 1 is 1.22 bits per heavy atom. The third-order valence-electron chi connectivity index (χ3n) is 7.32. The summed E-state index contributed by atoms with van der Waals surface area (Å²) in [6, 6.07) is 10.0. The minimum atomic E-state index is -0.890. The van der Waals surface area contributed by atoms with Crippen LogP contribution in [0.5, 0.6) is 0 Å². The van der Waals surface area contributed by atoms with Crippen LogP contribution in [0.2, 0.25) is 0 Å². The molecule has 1 aliphatic heterocycles. The summed E-state index contributed by atoms with van der Waals surface area (Å²) < 4.78 is 6.14. The average molecular weight is 509 g/mol. The number of carbonyl (C=O) groups is 2. The molecule has 7 heteroatoms. The van der Waals surface area contributed by atoms with Crippen molar-refractivity contribution in [1.82, 2.24) is 9.97 Å². The van der Waals surface area contributed by atoms with E-state index in [9.17, 15) is 14.7 Å². The summed E-state index contributed by atoms with van der Waals surface area (Å²) in [6.07, 6.45) is 3.16. The van der Waals surface area contributed by atoms with Crippen molar-refractivity contribution in [1.29, 1.82) is 0 Å². The van der Waals surface area contributed by atoms with E-state index in [2.05, 4.69) is 36.8 Å². The standard InChI is InChI=1S/C29H36N2O4S/c1-17(2)29(10-9-19-7-8-22-23(12-19)31-16-30-22)14-24(33)26(27(34)35-29)36-25-11-18(3)20(15-32)13-21(25)28(4,5)6/h7-8,11-13,16-17,26,32H,9-10,14-15H2,1-6H3,(H,30,31). The molecule has 2 N–H and O–H groups in total. The molecule has 0 spiro atoms. The van der Waals surface area contributed by atoms with E-state index in [-0.39, 0.29) is 30.1 Å². The molecular formula is C29H36N2O4S. The monoisotopic (exact) mass is 508 g/mol. The minimum Gasteiger partial charge on any atom is -0.457 e. The van der Waals surface area contributed by atoms with E-state index in [0.717, 1.165) is 38.2 Å². The molecule has 1 fully saturated rings. The highest BCUT2D eigenvalue weighted by Gasteiger charge is 2.49. The van der Waals surface area contributed by atoms with Crippen molar-refractivity contribution in [3.63, 3.8) is 0 Å². The number of aryl methyl sites for hydroxylation is 2. The normalized spacial score (nSPS) is 20.8. The summed E-state index contributed by atoms with van der Waals surface area (Å²) in [5.74, 6) is -0.543. The number of benzene rings is 2. The van der Waals surface area contributed by atoms with Gasteiger partial charge in [-0.05, 0) is 71.6 Å². The molecule has 0 aliphatic carbocycles. The molecule has 0 amide bonds. The predicted molar refractivity (Wildman–Crippen MR) is 143 cm³/mol. The number of thioether (sulfide) groups is 1. The van der Waals surface area contributed by atoms with Crippen LogP contribution in [0.15, 0.2) is 41.6 Å². The fraction of sp³-hybridized carbons (Fsp3) is 0.483. The zero-order chi connectivity index (χ0) is 26.3. The predicted octanol–water partition coefficient (Wildman–Crippen LogP) is 5.67. The van der Waals surface area contributed by atoms with Gasteiger partial charge in [-0.2, -0.15) is 0 Å². The Balaban J connectivity index is 1.55. The van der Waals surface area contributed by atoms with Gasteiger partial charge in [-0.3, -0.25) is 9.59 Å². The Bertz CT molecular complexity index is 1270. The van der Waals surface area contributed by atoms with Crippen molar-refractivity contribution in [2.75, 3.05) is 0 Å². The number of Topliss-reactive ketones (excluding diaryl/α,β-unsaturated/α-hetero) is 1. The maximum Gasteiger partial charge on any atom is 0.327 e. The van der Waals surface area contributed by atoms with E-state index < -0.39 is 16.8 Å². The van der Waals surface area contributed by atoms with Gasteiger partial charge in [-0.1, -0.05) is 46.8 Å². The quantitative estimate of drug-likeness (QED) is 0.316. The molecule has 1 saturated heterocycles. The van der Waals surface area contributed by atoms with Gasteiger partial charge in [0.15, 0.2) is 11.0 Å². The van der Waals surface area contributed by atoms with Crippen LogP contribution in [-0.2, 0) is 32.8 Å². The number of ether oxygens (including phenoxy) is 1. The second-order valence-electron chi connectivity index (χ2n) is 11.2. The Labute approximate surface area is 217 Å². The fourth-order valence-corrected chi connectivity index (χ4v) is 6.22. The third-order valence-corrected chi connectivity index (χ3v) is 8.60. The summed E-state index contributed by atoms with van der Waals surface area (Å²) in [5.41, 5.74) is 4.77. The van der Waals surface area contributed by atoms with E-state index in [1.807, 2.05) is 45.0 Å². The van der Waals surface area contributed by atoms with Crippen LogP contribution in [0.1, 0.15) is 69.7 Å². The molecule has 2 atom stereocenters. The molecule has 2 unspecified atom stereocenters. The van der Waals surface area contributed by atoms with Crippen molar-refractivity contribution in [3.8, 4) is 0 Å². The molecule has 6 nitrogen and oxygen atoms in total. The molecule has 4 rings (SSSR count). The number of ketones is 1. The number of carbonyl (C=O) groups excluding carboxylic acids is 2. The molecule has 192 valence electrons. The number of rotatable bonds is 7. The number of cyclic esters (lactones) is 1. The van der Waals surface area contributed by atoms with Gasteiger partial charge in [0.1, 0.15) is 5.60 Å². The van der Waals surface area contributed by atoms with Gasteiger partial charge >= 0.3 is 5.97 Å². The lowest BCUT2D eigenvalue weighted by atomic mass is 9.78. The molecule has 2 heterocycles. The Hall–Kier alpha value is -2.64. The number of hydrogen-bond donors (Lipinski definition) is 2. The van der Waals surface area contributed by atoms with E-state index in [1.165, 1.54) is 11.8 Å². The molecule has 0 saturated carbocycles. The van der Waals surface area contributed by atoms with Gasteiger partial charge in [0.05, 0.1) is 24.0 Å². The lowest BCUT2D eigenvalue weighted by Crippen LogP contribution is -2.52. The number of fused-ring (bicyclic) bond motifs is 1. The molecule has 1 aliphatic rings. The molecule has 36 heavy (non-hydrogen) atoms. The van der Waals surface area contributed by atoms with Gasteiger partial charge in [-0.25, -0.2) is 4.98 Å². The number of hydrogen-bond acceptors (Lipinski definition) is 6. The van der Waals surface area contributed by atoms with Crippen LogP contribution >= 0.6 is 11.8 Å². The first kappa shape index (κ1) is 26.4.